The van der Waals surface area contributed by atoms with Crippen LogP contribution in [-0.4, -0.2) is 10.8 Å². The Balaban J connectivity index is 2.28. The first-order valence-corrected chi connectivity index (χ1v) is 4.46. The summed E-state index contributed by atoms with van der Waals surface area (Å²) in [6, 6.07) is 5.71. The molecular weight excluding hydrogens is 176 g/mol. The van der Waals surface area contributed by atoms with Crippen LogP contribution in [0.3, 0.4) is 0 Å². The van der Waals surface area contributed by atoms with Crippen molar-refractivity contribution in [1.82, 2.24) is 0 Å². The molecule has 0 fully saturated rings. The van der Waals surface area contributed by atoms with E-state index in [2.05, 4.69) is 5.10 Å². The Kier molecular flexibility index (Phi) is 2.40. The molecule has 0 unspecified atom stereocenters. The highest BCUT2D eigenvalue weighted by molar-refractivity contribution is 5.99. The highest BCUT2D eigenvalue weighted by Crippen LogP contribution is 2.05. The molecule has 1 heterocycles. The van der Waals surface area contributed by atoms with Crippen molar-refractivity contribution < 1.29 is 9.78 Å². The van der Waals surface area contributed by atoms with Gasteiger partial charge in [-0.2, -0.15) is 0 Å². The third-order valence-electron chi connectivity index (χ3n) is 1.93. The van der Waals surface area contributed by atoms with E-state index in [-0.39, 0.29) is 5.76 Å². The number of pyridine rings is 1. The highest BCUT2D eigenvalue weighted by atomic mass is 16.3. The molecule has 1 aliphatic carbocycles. The van der Waals surface area contributed by atoms with Crippen molar-refractivity contribution in [3.8, 4) is 0 Å². The molecule has 1 aliphatic rings. The van der Waals surface area contributed by atoms with Gasteiger partial charge in [-0.1, -0.05) is 22.9 Å². The van der Waals surface area contributed by atoms with E-state index in [9.17, 15) is 5.11 Å². The van der Waals surface area contributed by atoms with Crippen LogP contribution in [0.2, 0.25) is 0 Å². The molecule has 0 radical (unpaired) electrons. The first kappa shape index (κ1) is 8.69. The summed E-state index contributed by atoms with van der Waals surface area (Å²) in [6.45, 7) is 0. The van der Waals surface area contributed by atoms with Gasteiger partial charge in [0.25, 0.3) is 0 Å². The summed E-state index contributed by atoms with van der Waals surface area (Å²) in [6.07, 6.45) is 9.76. The van der Waals surface area contributed by atoms with Crippen molar-refractivity contribution in [2.75, 3.05) is 0 Å². The van der Waals surface area contributed by atoms with Crippen molar-refractivity contribution in [2.24, 2.45) is 5.10 Å². The van der Waals surface area contributed by atoms with E-state index in [0.717, 1.165) is 0 Å². The second-order valence-corrected chi connectivity index (χ2v) is 2.99. The lowest BCUT2D eigenvalue weighted by molar-refractivity contribution is -0.678. The fraction of sp³-hybridized carbons (Fsp3) is 0.0909. The molecule has 1 N–H and O–H groups in total. The molecule has 0 saturated heterocycles. The van der Waals surface area contributed by atoms with Gasteiger partial charge in [-0.3, -0.25) is 0 Å². The zero-order chi connectivity index (χ0) is 9.80. The zero-order valence-electron chi connectivity index (χ0n) is 7.67. The summed E-state index contributed by atoms with van der Waals surface area (Å²) in [5.41, 5.74) is 0.684. The number of hydrogen-bond donors (Lipinski definition) is 1. The maximum absolute atomic E-state index is 9.50. The van der Waals surface area contributed by atoms with Crippen LogP contribution < -0.4 is 4.68 Å². The Labute approximate surface area is 82.3 Å². The Morgan fingerprint density at radius 2 is 2.00 bits per heavy atom. The van der Waals surface area contributed by atoms with Crippen LogP contribution in [0.25, 0.3) is 0 Å². The second-order valence-electron chi connectivity index (χ2n) is 2.99. The number of allylic oxidation sites excluding steroid dienone is 4. The molecule has 3 nitrogen and oxygen atoms in total. The topological polar surface area (TPSA) is 36.5 Å². The van der Waals surface area contributed by atoms with E-state index >= 15 is 0 Å². The number of hydrogen-bond acceptors (Lipinski definition) is 2. The average Bonchev–Trinajstić information content (AvgIpc) is 2.23. The molecule has 14 heavy (non-hydrogen) atoms. The van der Waals surface area contributed by atoms with Gasteiger partial charge in [0.1, 0.15) is 5.76 Å². The van der Waals surface area contributed by atoms with Gasteiger partial charge in [0, 0.05) is 23.7 Å². The van der Waals surface area contributed by atoms with E-state index in [4.69, 9.17) is 0 Å². The first-order chi connectivity index (χ1) is 6.86. The van der Waals surface area contributed by atoms with E-state index in [0.29, 0.717) is 12.1 Å². The third-order valence-corrected chi connectivity index (χ3v) is 1.93. The van der Waals surface area contributed by atoms with Crippen LogP contribution in [0.15, 0.2) is 59.7 Å². The standard InChI is InChI=1S/C11H10N2O/c14-11-7-3-2-6-10(11)12-13-8-4-1-5-9-13/h1-5,7-9H,6H2/p+1. The van der Waals surface area contributed by atoms with Crippen molar-refractivity contribution in [2.45, 2.75) is 6.42 Å². The van der Waals surface area contributed by atoms with E-state index in [1.54, 1.807) is 10.8 Å². The van der Waals surface area contributed by atoms with Crippen LogP contribution in [0, 0.1) is 0 Å². The largest absolute Gasteiger partial charge is 0.506 e. The molecule has 0 aromatic carbocycles. The minimum absolute atomic E-state index is 0.240. The molecule has 0 amide bonds. The number of nitrogens with zero attached hydrogens (tertiary/aromatic N) is 2. The average molecular weight is 187 g/mol. The quantitative estimate of drug-likeness (QED) is 0.666. The fourth-order valence-electron chi connectivity index (χ4n) is 1.23. The molecular formula is C11H11N2O+. The summed E-state index contributed by atoms with van der Waals surface area (Å²) in [4.78, 5) is 0. The van der Waals surface area contributed by atoms with E-state index < -0.39 is 0 Å². The summed E-state index contributed by atoms with van der Waals surface area (Å²) < 4.78 is 1.68. The van der Waals surface area contributed by atoms with Gasteiger partial charge in [-0.15, -0.1) is 0 Å². The molecule has 70 valence electrons. The molecule has 0 bridgehead atoms. The maximum Gasteiger partial charge on any atom is 0.202 e. The summed E-state index contributed by atoms with van der Waals surface area (Å²) in [7, 11) is 0. The van der Waals surface area contributed by atoms with Crippen LogP contribution in [-0.2, 0) is 0 Å². The molecule has 3 heteroatoms. The SMILES string of the molecule is OC1=CC=CCC1=N[n+]1ccccc1. The predicted octanol–water partition coefficient (Wildman–Crippen LogP) is 1.58. The lowest BCUT2D eigenvalue weighted by Gasteiger charge is -2.01. The van der Waals surface area contributed by atoms with Gasteiger partial charge >= 0.3 is 0 Å². The zero-order valence-corrected chi connectivity index (χ0v) is 7.67. The first-order valence-electron chi connectivity index (χ1n) is 4.46. The van der Waals surface area contributed by atoms with E-state index in [1.807, 2.05) is 42.7 Å². The van der Waals surface area contributed by atoms with Crippen molar-refractivity contribution in [3.05, 3.63) is 54.6 Å². The summed E-state index contributed by atoms with van der Waals surface area (Å²) in [5.74, 6) is 0.240. The second kappa shape index (κ2) is 3.87. The van der Waals surface area contributed by atoms with Crippen molar-refractivity contribution >= 4 is 5.71 Å². The normalized spacial score (nSPS) is 18.3. The van der Waals surface area contributed by atoms with Crippen molar-refractivity contribution in [1.29, 1.82) is 0 Å². The van der Waals surface area contributed by atoms with Crippen LogP contribution in [0.4, 0.5) is 0 Å². The van der Waals surface area contributed by atoms with Gasteiger partial charge in [-0.25, -0.2) is 0 Å². The Morgan fingerprint density at radius 1 is 1.21 bits per heavy atom. The third kappa shape index (κ3) is 1.88. The summed E-state index contributed by atoms with van der Waals surface area (Å²) in [5, 5.41) is 13.8. The molecule has 0 aliphatic heterocycles. The van der Waals surface area contributed by atoms with Crippen LogP contribution >= 0.6 is 0 Å². The lowest BCUT2D eigenvalue weighted by atomic mass is 10.1. The Hall–Kier alpha value is -1.90. The fourth-order valence-corrected chi connectivity index (χ4v) is 1.23. The van der Waals surface area contributed by atoms with Gasteiger partial charge in [0.15, 0.2) is 5.71 Å². The minimum atomic E-state index is 0.240. The number of aliphatic hydroxyl groups is 1. The minimum Gasteiger partial charge on any atom is -0.506 e. The predicted molar refractivity (Wildman–Crippen MR) is 53.9 cm³/mol. The Morgan fingerprint density at radius 3 is 2.71 bits per heavy atom. The van der Waals surface area contributed by atoms with E-state index in [1.165, 1.54) is 0 Å². The monoisotopic (exact) mass is 187 g/mol. The molecule has 0 saturated carbocycles. The number of aliphatic hydroxyl groups excluding tert-OH is 1. The van der Waals surface area contributed by atoms with Gasteiger partial charge in [0.2, 0.25) is 12.4 Å². The smallest absolute Gasteiger partial charge is 0.202 e. The number of aromatic nitrogens is 1. The highest BCUT2D eigenvalue weighted by Gasteiger charge is 2.10. The molecule has 1 aromatic heterocycles. The van der Waals surface area contributed by atoms with Crippen molar-refractivity contribution in [3.63, 3.8) is 0 Å². The van der Waals surface area contributed by atoms with Crippen LogP contribution in [0.1, 0.15) is 6.42 Å². The Bertz CT molecular complexity index is 405. The molecule has 1 aromatic rings. The molecule has 0 atom stereocenters. The van der Waals surface area contributed by atoms with Gasteiger partial charge < -0.3 is 5.11 Å². The molecule has 0 spiro atoms. The van der Waals surface area contributed by atoms with Gasteiger partial charge in [0.05, 0.1) is 0 Å². The number of rotatable bonds is 1. The maximum atomic E-state index is 9.50. The molecule has 2 rings (SSSR count). The van der Waals surface area contributed by atoms with Crippen LogP contribution in [0.5, 0.6) is 0 Å². The van der Waals surface area contributed by atoms with Gasteiger partial charge in [-0.05, 0) is 6.08 Å². The summed E-state index contributed by atoms with van der Waals surface area (Å²) >= 11 is 0. The lowest BCUT2D eigenvalue weighted by Crippen LogP contribution is -2.28.